The van der Waals surface area contributed by atoms with Gasteiger partial charge in [-0.1, -0.05) is 6.08 Å². The van der Waals surface area contributed by atoms with Crippen LogP contribution in [0.1, 0.15) is 6.42 Å². The van der Waals surface area contributed by atoms with Crippen LogP contribution in [0.2, 0.25) is 0 Å². The highest BCUT2D eigenvalue weighted by Gasteiger charge is 2.25. The van der Waals surface area contributed by atoms with E-state index in [-0.39, 0.29) is 6.42 Å². The Bertz CT molecular complexity index is 271. The molecule has 0 saturated heterocycles. The van der Waals surface area contributed by atoms with Crippen LogP contribution in [0.3, 0.4) is 0 Å². The second-order valence-electron chi connectivity index (χ2n) is 2.13. The van der Waals surface area contributed by atoms with E-state index >= 15 is 0 Å². The molecule has 11 heavy (non-hydrogen) atoms. The van der Waals surface area contributed by atoms with Gasteiger partial charge in [0.25, 0.3) is 5.78 Å². The molecule has 3 nitrogen and oxygen atoms in total. The lowest BCUT2D eigenvalue weighted by molar-refractivity contribution is -0.134. The predicted octanol–water partition coefficient (Wildman–Crippen LogP) is 0.603. The van der Waals surface area contributed by atoms with Gasteiger partial charge in [0.15, 0.2) is 0 Å². The van der Waals surface area contributed by atoms with Crippen LogP contribution in [0.4, 0.5) is 0 Å². The van der Waals surface area contributed by atoms with Crippen molar-refractivity contribution >= 4 is 11.6 Å². The van der Waals surface area contributed by atoms with Crippen LogP contribution in [0, 0.1) is 6.92 Å². The van der Waals surface area contributed by atoms with Gasteiger partial charge in [-0.15, -0.1) is 0 Å². The number of Topliss-reactive ketones (excluding diaryl/α,β-unsaturated/α-hetero) is 2. The van der Waals surface area contributed by atoms with Gasteiger partial charge in [0, 0.05) is 5.57 Å². The maximum atomic E-state index is 10.9. The van der Waals surface area contributed by atoms with Crippen molar-refractivity contribution in [2.45, 2.75) is 6.42 Å². The molecule has 0 unspecified atom stereocenters. The quantitative estimate of drug-likeness (QED) is 0.406. The van der Waals surface area contributed by atoms with Crippen molar-refractivity contribution in [3.63, 3.8) is 0 Å². The van der Waals surface area contributed by atoms with Crippen molar-refractivity contribution in [3.8, 4) is 0 Å². The number of ketones is 2. The molecule has 0 aromatic carbocycles. The fourth-order valence-corrected chi connectivity index (χ4v) is 0.782. The molecule has 0 heterocycles. The molecule has 0 spiro atoms. The van der Waals surface area contributed by atoms with E-state index in [1.54, 1.807) is 0 Å². The maximum Gasteiger partial charge on any atom is 0.272 e. The van der Waals surface area contributed by atoms with E-state index in [1.165, 1.54) is 6.08 Å². The molecule has 0 aliphatic heterocycles. The van der Waals surface area contributed by atoms with E-state index in [1.807, 2.05) is 0 Å². The van der Waals surface area contributed by atoms with Crippen LogP contribution in [0.5, 0.6) is 0 Å². The Morgan fingerprint density at radius 3 is 2.36 bits per heavy atom. The second-order valence-corrected chi connectivity index (χ2v) is 2.13. The van der Waals surface area contributed by atoms with Gasteiger partial charge >= 0.3 is 0 Å². The van der Waals surface area contributed by atoms with Gasteiger partial charge in [-0.25, -0.2) is 0 Å². The maximum absolute atomic E-state index is 10.9. The van der Waals surface area contributed by atoms with Crippen LogP contribution in [0.15, 0.2) is 23.5 Å². The predicted molar refractivity (Wildman–Crippen MR) is 36.8 cm³/mol. The summed E-state index contributed by atoms with van der Waals surface area (Å²) in [5.74, 6) is -2.41. The third kappa shape index (κ3) is 1.22. The molecule has 0 atom stereocenters. The summed E-state index contributed by atoms with van der Waals surface area (Å²) < 4.78 is 0. The summed E-state index contributed by atoms with van der Waals surface area (Å²) in [4.78, 5) is 21.6. The fraction of sp³-hybridized carbons (Fsp3) is 0.125. The minimum absolute atomic E-state index is 0.244. The van der Waals surface area contributed by atoms with Crippen LogP contribution in [-0.4, -0.2) is 11.6 Å². The molecule has 0 aromatic rings. The largest absolute Gasteiger partial charge is 0.285 e. The number of hydrogen-bond donors (Lipinski definition) is 0. The minimum atomic E-state index is -0.953. The first kappa shape index (κ1) is 7.72. The molecule has 0 amide bonds. The minimum Gasteiger partial charge on any atom is -0.285 e. The molecule has 0 aromatic heterocycles. The summed E-state index contributed by atoms with van der Waals surface area (Å²) in [6.07, 6.45) is 2.69. The molecule has 3 heteroatoms. The highest BCUT2D eigenvalue weighted by atomic mass is 16.3. The monoisotopic (exact) mass is 150 g/mol. The van der Waals surface area contributed by atoms with Crippen molar-refractivity contribution in [2.75, 3.05) is 0 Å². The second kappa shape index (κ2) is 2.70. The van der Waals surface area contributed by atoms with Gasteiger partial charge in [-0.3, -0.25) is 14.7 Å². The molecule has 0 saturated carbocycles. The summed E-state index contributed by atoms with van der Waals surface area (Å²) in [5, 5.41) is 10.6. The van der Waals surface area contributed by atoms with Crippen molar-refractivity contribution in [1.29, 1.82) is 0 Å². The van der Waals surface area contributed by atoms with Crippen molar-refractivity contribution in [3.05, 3.63) is 30.4 Å². The molecule has 0 bridgehead atoms. The van der Waals surface area contributed by atoms with Crippen molar-refractivity contribution in [1.82, 2.24) is 0 Å². The summed E-state index contributed by atoms with van der Waals surface area (Å²) in [6.45, 7) is 3.45. The Labute approximate surface area is 64.0 Å². The fourth-order valence-electron chi connectivity index (χ4n) is 0.782. The Hall–Kier alpha value is -1.38. The summed E-state index contributed by atoms with van der Waals surface area (Å²) >= 11 is 0. The van der Waals surface area contributed by atoms with Crippen molar-refractivity contribution in [2.24, 2.45) is 0 Å². The highest BCUT2D eigenvalue weighted by molar-refractivity contribution is 6.49. The van der Waals surface area contributed by atoms with E-state index in [0.29, 0.717) is 5.57 Å². The molecule has 1 aliphatic carbocycles. The Morgan fingerprint density at radius 1 is 1.18 bits per heavy atom. The van der Waals surface area contributed by atoms with Gasteiger partial charge in [0.1, 0.15) is 0 Å². The van der Waals surface area contributed by atoms with E-state index in [4.69, 9.17) is 0 Å². The molecule has 56 valence electrons. The lowest BCUT2D eigenvalue weighted by Gasteiger charge is -2.03. The molecule has 2 radical (unpaired) electrons. The topological polar surface area (TPSA) is 54.0 Å². The van der Waals surface area contributed by atoms with Gasteiger partial charge < -0.3 is 0 Å². The number of rotatable bonds is 1. The third-order valence-electron chi connectivity index (χ3n) is 1.43. The number of carbonyl (C=O) groups is 2. The zero-order valence-electron chi connectivity index (χ0n) is 5.79. The lowest BCUT2D eigenvalue weighted by Crippen LogP contribution is -2.20. The van der Waals surface area contributed by atoms with E-state index in [9.17, 15) is 14.7 Å². The SMILES string of the molecule is [CH2]CC1=CC=C([O])C(=O)C1=O. The summed E-state index contributed by atoms with van der Waals surface area (Å²) in [7, 11) is 0. The molecule has 1 rings (SSSR count). The van der Waals surface area contributed by atoms with E-state index < -0.39 is 17.3 Å². The number of allylic oxidation sites excluding steroid dienone is 4. The Kier molecular flexibility index (Phi) is 1.89. The van der Waals surface area contributed by atoms with Crippen molar-refractivity contribution < 1.29 is 14.7 Å². The van der Waals surface area contributed by atoms with Gasteiger partial charge in [0.2, 0.25) is 11.5 Å². The zero-order valence-corrected chi connectivity index (χ0v) is 5.79. The first-order chi connectivity index (χ1) is 5.16. The smallest absolute Gasteiger partial charge is 0.272 e. The number of carbonyl (C=O) groups excluding carboxylic acids is 2. The molecule has 0 N–H and O–H groups in total. The van der Waals surface area contributed by atoms with Gasteiger partial charge in [-0.05, 0) is 19.4 Å². The summed E-state index contributed by atoms with van der Waals surface area (Å²) in [5.41, 5.74) is 0.301. The average molecular weight is 150 g/mol. The zero-order chi connectivity index (χ0) is 8.43. The van der Waals surface area contributed by atoms with Crippen LogP contribution >= 0.6 is 0 Å². The first-order valence-electron chi connectivity index (χ1n) is 3.13. The standard InChI is InChI=1S/C8H6O3/c1-2-5-3-4-6(9)8(11)7(5)10/h3-4H,1-2H2. The lowest BCUT2D eigenvalue weighted by atomic mass is 9.99. The van der Waals surface area contributed by atoms with Crippen LogP contribution in [-0.2, 0) is 14.7 Å². The molecule has 1 aliphatic rings. The third-order valence-corrected chi connectivity index (χ3v) is 1.43. The molecular formula is C8H6O3. The van der Waals surface area contributed by atoms with E-state index in [0.717, 1.165) is 6.08 Å². The molecular weight excluding hydrogens is 144 g/mol. The average Bonchev–Trinajstić information content (AvgIpc) is 2.01. The summed E-state index contributed by atoms with van der Waals surface area (Å²) in [6, 6.07) is 0. The molecule has 0 fully saturated rings. The Balaban J connectivity index is 3.03. The Morgan fingerprint density at radius 2 is 1.82 bits per heavy atom. The normalized spacial score (nSPS) is 17.9. The number of hydrogen-bond acceptors (Lipinski definition) is 2. The van der Waals surface area contributed by atoms with Crippen LogP contribution < -0.4 is 0 Å². The highest BCUT2D eigenvalue weighted by Crippen LogP contribution is 2.12. The van der Waals surface area contributed by atoms with Gasteiger partial charge in [-0.2, -0.15) is 0 Å². The van der Waals surface area contributed by atoms with Gasteiger partial charge in [0.05, 0.1) is 0 Å². The van der Waals surface area contributed by atoms with E-state index in [2.05, 4.69) is 6.92 Å². The first-order valence-corrected chi connectivity index (χ1v) is 3.13. The van der Waals surface area contributed by atoms with Crippen LogP contribution in [0.25, 0.3) is 0 Å².